The molecule has 0 aliphatic heterocycles. The normalized spacial score (nSPS) is 11.7. The van der Waals surface area contributed by atoms with Crippen molar-refractivity contribution in [3.05, 3.63) is 70.4 Å². The Morgan fingerprint density at radius 1 is 1.08 bits per heavy atom. The number of nitrogens with one attached hydrogen (secondary N) is 1. The minimum atomic E-state index is -3.00. The summed E-state index contributed by atoms with van der Waals surface area (Å²) in [6, 6.07) is 15.5. The van der Waals surface area contributed by atoms with Crippen molar-refractivity contribution in [3.8, 4) is 0 Å². The van der Waals surface area contributed by atoms with Gasteiger partial charge in [0.05, 0.1) is 11.3 Å². The SMILES string of the molecule is Cc1cccc2nc(Cl)cc(NCCc3ccc(CS(C)(=O)=O)cc3)c12. The summed E-state index contributed by atoms with van der Waals surface area (Å²) in [5.41, 5.74) is 4.97. The van der Waals surface area contributed by atoms with Gasteiger partial charge in [0.25, 0.3) is 0 Å². The number of benzene rings is 2. The lowest BCUT2D eigenvalue weighted by Gasteiger charge is -2.12. The summed E-state index contributed by atoms with van der Waals surface area (Å²) < 4.78 is 22.7. The third kappa shape index (κ3) is 4.74. The van der Waals surface area contributed by atoms with Crippen LogP contribution in [0.3, 0.4) is 0 Å². The Morgan fingerprint density at radius 2 is 1.77 bits per heavy atom. The summed E-state index contributed by atoms with van der Waals surface area (Å²) >= 11 is 6.14. The summed E-state index contributed by atoms with van der Waals surface area (Å²) in [4.78, 5) is 4.38. The van der Waals surface area contributed by atoms with Crippen molar-refractivity contribution in [1.29, 1.82) is 0 Å². The van der Waals surface area contributed by atoms with Gasteiger partial charge in [-0.05, 0) is 42.2 Å². The van der Waals surface area contributed by atoms with E-state index in [0.29, 0.717) is 5.15 Å². The van der Waals surface area contributed by atoms with E-state index in [9.17, 15) is 8.42 Å². The zero-order chi connectivity index (χ0) is 18.7. The van der Waals surface area contributed by atoms with E-state index in [1.165, 1.54) is 6.26 Å². The number of fused-ring (bicyclic) bond motifs is 1. The fourth-order valence-electron chi connectivity index (χ4n) is 3.02. The van der Waals surface area contributed by atoms with Crippen LogP contribution in [0.4, 0.5) is 5.69 Å². The van der Waals surface area contributed by atoms with Crippen LogP contribution < -0.4 is 5.32 Å². The Bertz CT molecular complexity index is 1030. The lowest BCUT2D eigenvalue weighted by Crippen LogP contribution is -2.06. The minimum Gasteiger partial charge on any atom is -0.384 e. The molecule has 26 heavy (non-hydrogen) atoms. The third-order valence-corrected chi connectivity index (χ3v) is 5.24. The molecule has 2 aromatic carbocycles. The van der Waals surface area contributed by atoms with E-state index in [-0.39, 0.29) is 5.75 Å². The van der Waals surface area contributed by atoms with Crippen molar-refractivity contribution in [2.24, 2.45) is 0 Å². The number of aromatic nitrogens is 1. The Morgan fingerprint density at radius 3 is 2.46 bits per heavy atom. The maximum absolute atomic E-state index is 11.4. The van der Waals surface area contributed by atoms with Crippen molar-refractivity contribution in [1.82, 2.24) is 4.98 Å². The number of aryl methyl sites for hydroxylation is 1. The molecule has 0 aliphatic carbocycles. The molecular formula is C20H21ClN2O2S. The summed E-state index contributed by atoms with van der Waals surface area (Å²) in [7, 11) is -3.00. The Balaban J connectivity index is 1.70. The number of hydrogen-bond acceptors (Lipinski definition) is 4. The zero-order valence-corrected chi connectivity index (χ0v) is 16.4. The van der Waals surface area contributed by atoms with Gasteiger partial charge in [-0.2, -0.15) is 0 Å². The highest BCUT2D eigenvalue weighted by atomic mass is 35.5. The van der Waals surface area contributed by atoms with E-state index in [0.717, 1.165) is 46.2 Å². The molecule has 3 aromatic rings. The van der Waals surface area contributed by atoms with Crippen LogP contribution in [0.25, 0.3) is 10.9 Å². The average molecular weight is 389 g/mol. The maximum atomic E-state index is 11.4. The number of halogens is 1. The van der Waals surface area contributed by atoms with Crippen LogP contribution in [0.1, 0.15) is 16.7 Å². The molecule has 0 fully saturated rings. The van der Waals surface area contributed by atoms with Crippen LogP contribution in [0.2, 0.25) is 5.15 Å². The number of anilines is 1. The summed E-state index contributed by atoms with van der Waals surface area (Å²) in [6.07, 6.45) is 2.07. The van der Waals surface area contributed by atoms with Crippen molar-refractivity contribution >= 4 is 38.0 Å². The van der Waals surface area contributed by atoms with Gasteiger partial charge >= 0.3 is 0 Å². The summed E-state index contributed by atoms with van der Waals surface area (Å²) in [5, 5.41) is 5.00. The van der Waals surface area contributed by atoms with Crippen LogP contribution in [0.5, 0.6) is 0 Å². The molecule has 0 saturated carbocycles. The van der Waals surface area contributed by atoms with Crippen molar-refractivity contribution < 1.29 is 8.42 Å². The van der Waals surface area contributed by atoms with Gasteiger partial charge in [0.15, 0.2) is 9.84 Å². The first kappa shape index (κ1) is 18.7. The third-order valence-electron chi connectivity index (χ3n) is 4.19. The second kappa shape index (κ2) is 7.64. The summed E-state index contributed by atoms with van der Waals surface area (Å²) in [5.74, 6) is 0.0757. The fraction of sp³-hybridized carbons (Fsp3) is 0.250. The van der Waals surface area contributed by atoms with E-state index in [4.69, 9.17) is 11.6 Å². The Labute approximate surface area is 159 Å². The highest BCUT2D eigenvalue weighted by molar-refractivity contribution is 7.89. The van der Waals surface area contributed by atoms with Gasteiger partial charge in [-0.25, -0.2) is 13.4 Å². The molecule has 6 heteroatoms. The molecule has 0 spiro atoms. The molecule has 136 valence electrons. The molecule has 1 aromatic heterocycles. The highest BCUT2D eigenvalue weighted by Crippen LogP contribution is 2.28. The largest absolute Gasteiger partial charge is 0.384 e. The molecule has 1 N–H and O–H groups in total. The molecule has 1 heterocycles. The van der Waals surface area contributed by atoms with E-state index in [2.05, 4.69) is 23.3 Å². The maximum Gasteiger partial charge on any atom is 0.151 e. The lowest BCUT2D eigenvalue weighted by molar-refractivity contribution is 0.601. The van der Waals surface area contributed by atoms with Crippen LogP contribution in [-0.2, 0) is 22.0 Å². The van der Waals surface area contributed by atoms with Crippen molar-refractivity contribution in [2.45, 2.75) is 19.1 Å². The molecule has 0 amide bonds. The van der Waals surface area contributed by atoms with Crippen LogP contribution in [-0.4, -0.2) is 26.2 Å². The van der Waals surface area contributed by atoms with Gasteiger partial charge in [0.1, 0.15) is 5.15 Å². The van der Waals surface area contributed by atoms with Crippen LogP contribution in [0.15, 0.2) is 48.5 Å². The second-order valence-electron chi connectivity index (χ2n) is 6.52. The van der Waals surface area contributed by atoms with E-state index in [1.807, 2.05) is 42.5 Å². The smallest absolute Gasteiger partial charge is 0.151 e. The minimum absolute atomic E-state index is 0.0757. The molecule has 0 unspecified atom stereocenters. The molecule has 0 bridgehead atoms. The second-order valence-corrected chi connectivity index (χ2v) is 9.05. The number of pyridine rings is 1. The van der Waals surface area contributed by atoms with Gasteiger partial charge < -0.3 is 5.32 Å². The first-order valence-electron chi connectivity index (χ1n) is 8.37. The predicted molar refractivity (Wildman–Crippen MR) is 109 cm³/mol. The first-order valence-corrected chi connectivity index (χ1v) is 10.8. The standard InChI is InChI=1S/C20H21ClN2O2S/c1-14-4-3-5-17-20(14)18(12-19(21)23-17)22-11-10-15-6-8-16(9-7-15)13-26(2,24)25/h3-9,12H,10-11,13H2,1-2H3,(H,22,23). The Kier molecular flexibility index (Phi) is 5.49. The molecule has 0 saturated heterocycles. The molecule has 0 aliphatic rings. The molecular weight excluding hydrogens is 368 g/mol. The molecule has 0 atom stereocenters. The van der Waals surface area contributed by atoms with Gasteiger partial charge in [-0.1, -0.05) is 48.0 Å². The molecule has 0 radical (unpaired) electrons. The number of hydrogen-bond donors (Lipinski definition) is 1. The summed E-state index contributed by atoms with van der Waals surface area (Å²) in [6.45, 7) is 2.80. The van der Waals surface area contributed by atoms with Gasteiger partial charge in [-0.3, -0.25) is 0 Å². The fourth-order valence-corrected chi connectivity index (χ4v) is 4.02. The van der Waals surface area contributed by atoms with Crippen LogP contribution >= 0.6 is 11.6 Å². The Hall–Kier alpha value is -2.11. The zero-order valence-electron chi connectivity index (χ0n) is 14.8. The topological polar surface area (TPSA) is 59.1 Å². The predicted octanol–water partition coefficient (Wildman–Crippen LogP) is 4.40. The van der Waals surface area contributed by atoms with Gasteiger partial charge in [-0.15, -0.1) is 0 Å². The number of sulfone groups is 1. The van der Waals surface area contributed by atoms with Crippen LogP contribution in [0, 0.1) is 6.92 Å². The molecule has 3 rings (SSSR count). The molecule has 4 nitrogen and oxygen atoms in total. The first-order chi connectivity index (χ1) is 12.3. The average Bonchev–Trinajstić information content (AvgIpc) is 2.54. The van der Waals surface area contributed by atoms with Gasteiger partial charge in [0.2, 0.25) is 0 Å². The number of nitrogens with zero attached hydrogens (tertiary/aromatic N) is 1. The van der Waals surface area contributed by atoms with E-state index in [1.54, 1.807) is 0 Å². The van der Waals surface area contributed by atoms with Crippen molar-refractivity contribution in [3.63, 3.8) is 0 Å². The number of rotatable bonds is 6. The quantitative estimate of drug-likeness (QED) is 0.636. The highest BCUT2D eigenvalue weighted by Gasteiger charge is 2.08. The monoisotopic (exact) mass is 388 g/mol. The van der Waals surface area contributed by atoms with E-state index >= 15 is 0 Å². The van der Waals surface area contributed by atoms with Gasteiger partial charge in [0, 0.05) is 23.9 Å². The lowest BCUT2D eigenvalue weighted by atomic mass is 10.1. The van der Waals surface area contributed by atoms with Crippen molar-refractivity contribution in [2.75, 3.05) is 18.1 Å². The van der Waals surface area contributed by atoms with E-state index < -0.39 is 9.84 Å².